The van der Waals surface area contributed by atoms with Crippen molar-refractivity contribution < 1.29 is 18.3 Å². The summed E-state index contributed by atoms with van der Waals surface area (Å²) in [6.45, 7) is 3.83. The van der Waals surface area contributed by atoms with Crippen LogP contribution in [0.15, 0.2) is 41.4 Å². The molecule has 0 saturated heterocycles. The van der Waals surface area contributed by atoms with Crippen molar-refractivity contribution in [3.8, 4) is 5.75 Å². The van der Waals surface area contributed by atoms with E-state index in [4.69, 9.17) is 0 Å². The highest BCUT2D eigenvalue weighted by atomic mass is 19.3. The summed E-state index contributed by atoms with van der Waals surface area (Å²) in [4.78, 5) is 20.7. The van der Waals surface area contributed by atoms with Gasteiger partial charge in [0, 0.05) is 30.8 Å². The molecular formula is C21H27F2N5O2. The molecule has 30 heavy (non-hydrogen) atoms. The summed E-state index contributed by atoms with van der Waals surface area (Å²) in [6, 6.07) is 10.4. The summed E-state index contributed by atoms with van der Waals surface area (Å²) in [5.41, 5.74) is 2.29. The molecule has 0 aliphatic rings. The minimum atomic E-state index is -2.90. The Kier molecular flexibility index (Phi) is 8.99. The monoisotopic (exact) mass is 419 g/mol. The van der Waals surface area contributed by atoms with Gasteiger partial charge in [0.25, 0.3) is 0 Å². The third-order valence-corrected chi connectivity index (χ3v) is 3.98. The Balaban J connectivity index is 1.93. The number of pyridine rings is 1. The minimum Gasteiger partial charge on any atom is -0.434 e. The van der Waals surface area contributed by atoms with Gasteiger partial charge in [0.1, 0.15) is 11.6 Å². The topological polar surface area (TPSA) is 87.6 Å². The highest BCUT2D eigenvalue weighted by molar-refractivity contribution is 5.90. The molecule has 2 rings (SSSR count). The molecule has 0 bridgehead atoms. The number of benzene rings is 1. The molecule has 162 valence electrons. The molecule has 7 nitrogen and oxygen atoms in total. The molecule has 1 aromatic carbocycles. The van der Waals surface area contributed by atoms with Crippen LogP contribution in [0.1, 0.15) is 30.2 Å². The van der Waals surface area contributed by atoms with E-state index >= 15 is 0 Å². The van der Waals surface area contributed by atoms with Gasteiger partial charge in [-0.25, -0.2) is 9.98 Å². The number of hydrogen-bond donors (Lipinski definition) is 3. The van der Waals surface area contributed by atoms with E-state index in [-0.39, 0.29) is 24.6 Å². The lowest BCUT2D eigenvalue weighted by Crippen LogP contribution is -2.38. The van der Waals surface area contributed by atoms with Gasteiger partial charge in [0.15, 0.2) is 5.96 Å². The number of hydrogen-bond acceptors (Lipinski definition) is 4. The molecule has 0 saturated carbocycles. The number of anilines is 1. The van der Waals surface area contributed by atoms with Gasteiger partial charge in [-0.05, 0) is 39.0 Å². The van der Waals surface area contributed by atoms with Gasteiger partial charge in [0.2, 0.25) is 5.91 Å². The SMILES string of the molecule is CCNC(=NCc1cc(C)ccc1OC(F)F)NCCC(=O)Nc1cccc(C)n1. The second-order valence-corrected chi connectivity index (χ2v) is 6.57. The van der Waals surface area contributed by atoms with Crippen LogP contribution in [0.2, 0.25) is 0 Å². The largest absolute Gasteiger partial charge is 0.434 e. The first-order valence-electron chi connectivity index (χ1n) is 9.67. The molecule has 0 aliphatic heterocycles. The fourth-order valence-corrected chi connectivity index (χ4v) is 2.66. The van der Waals surface area contributed by atoms with Gasteiger partial charge in [-0.1, -0.05) is 23.8 Å². The van der Waals surface area contributed by atoms with Crippen molar-refractivity contribution in [2.45, 2.75) is 40.3 Å². The van der Waals surface area contributed by atoms with E-state index in [1.165, 1.54) is 6.07 Å². The van der Waals surface area contributed by atoms with Crippen LogP contribution in [0.4, 0.5) is 14.6 Å². The predicted molar refractivity (Wildman–Crippen MR) is 113 cm³/mol. The number of carbonyl (C=O) groups is 1. The molecule has 0 spiro atoms. The zero-order valence-corrected chi connectivity index (χ0v) is 17.3. The van der Waals surface area contributed by atoms with Crippen molar-refractivity contribution >= 4 is 17.7 Å². The third-order valence-electron chi connectivity index (χ3n) is 3.98. The van der Waals surface area contributed by atoms with Crippen molar-refractivity contribution in [1.29, 1.82) is 0 Å². The van der Waals surface area contributed by atoms with E-state index in [2.05, 4.69) is 30.7 Å². The molecule has 1 heterocycles. The van der Waals surface area contributed by atoms with Crippen LogP contribution in [-0.2, 0) is 11.3 Å². The number of halogens is 2. The van der Waals surface area contributed by atoms with Gasteiger partial charge in [-0.15, -0.1) is 0 Å². The summed E-state index contributed by atoms with van der Waals surface area (Å²) >= 11 is 0. The first-order valence-corrected chi connectivity index (χ1v) is 9.67. The number of nitrogens with one attached hydrogen (secondary N) is 3. The Bertz CT molecular complexity index is 874. The van der Waals surface area contributed by atoms with Gasteiger partial charge in [-0.3, -0.25) is 4.79 Å². The Morgan fingerprint density at radius 1 is 1.20 bits per heavy atom. The molecule has 3 N–H and O–H groups in total. The third kappa shape index (κ3) is 8.02. The van der Waals surface area contributed by atoms with E-state index in [1.54, 1.807) is 18.2 Å². The standard InChI is InChI=1S/C21H27F2N5O2/c1-4-24-21(25-11-10-19(29)28-18-7-5-6-15(3)27-18)26-13-16-12-14(2)8-9-17(16)30-20(22)23/h5-9,12,20H,4,10-11,13H2,1-3H3,(H2,24,25,26)(H,27,28,29). The molecular weight excluding hydrogens is 392 g/mol. The van der Waals surface area contributed by atoms with Gasteiger partial charge in [-0.2, -0.15) is 8.78 Å². The smallest absolute Gasteiger partial charge is 0.387 e. The quantitative estimate of drug-likeness (QED) is 0.428. The number of ether oxygens (including phenoxy) is 1. The summed E-state index contributed by atoms with van der Waals surface area (Å²) in [5.74, 6) is 0.901. The molecule has 0 radical (unpaired) electrons. The minimum absolute atomic E-state index is 0.0974. The molecule has 0 fully saturated rings. The van der Waals surface area contributed by atoms with Crippen molar-refractivity contribution in [2.24, 2.45) is 4.99 Å². The second kappa shape index (κ2) is 11.7. The molecule has 2 aromatic rings. The lowest BCUT2D eigenvalue weighted by Gasteiger charge is -2.13. The fourth-order valence-electron chi connectivity index (χ4n) is 2.66. The lowest BCUT2D eigenvalue weighted by molar-refractivity contribution is -0.116. The maximum atomic E-state index is 12.6. The Morgan fingerprint density at radius 2 is 2.00 bits per heavy atom. The van der Waals surface area contributed by atoms with Gasteiger partial charge in [0.05, 0.1) is 6.54 Å². The van der Waals surface area contributed by atoms with E-state index in [0.29, 0.717) is 30.4 Å². The first kappa shape index (κ1) is 23.1. The number of alkyl halides is 2. The van der Waals surface area contributed by atoms with Crippen LogP contribution in [0.5, 0.6) is 5.75 Å². The summed E-state index contributed by atoms with van der Waals surface area (Å²) < 4.78 is 29.8. The van der Waals surface area contributed by atoms with Crippen LogP contribution >= 0.6 is 0 Å². The van der Waals surface area contributed by atoms with Crippen molar-refractivity contribution in [3.05, 3.63) is 53.2 Å². The lowest BCUT2D eigenvalue weighted by atomic mass is 10.1. The van der Waals surface area contributed by atoms with E-state index in [9.17, 15) is 13.6 Å². The number of aryl methyl sites for hydroxylation is 2. The number of rotatable bonds is 9. The van der Waals surface area contributed by atoms with Crippen LogP contribution < -0.4 is 20.7 Å². The number of aromatic nitrogens is 1. The van der Waals surface area contributed by atoms with Crippen molar-refractivity contribution in [3.63, 3.8) is 0 Å². The zero-order valence-electron chi connectivity index (χ0n) is 17.3. The molecule has 0 unspecified atom stereocenters. The van der Waals surface area contributed by atoms with Crippen molar-refractivity contribution in [1.82, 2.24) is 15.6 Å². The molecule has 0 atom stereocenters. The summed E-state index contributed by atoms with van der Waals surface area (Å²) in [7, 11) is 0. The maximum absolute atomic E-state index is 12.6. The molecule has 0 aliphatic carbocycles. The summed E-state index contributed by atoms with van der Waals surface area (Å²) in [5, 5.41) is 8.87. The van der Waals surface area contributed by atoms with Gasteiger partial charge >= 0.3 is 6.61 Å². The Hall–Kier alpha value is -3.23. The molecule has 1 aromatic heterocycles. The van der Waals surface area contributed by atoms with E-state index < -0.39 is 6.61 Å². The van der Waals surface area contributed by atoms with Crippen LogP contribution in [0, 0.1) is 13.8 Å². The number of nitrogens with zero attached hydrogens (tertiary/aromatic N) is 2. The zero-order chi connectivity index (χ0) is 21.9. The number of guanidine groups is 1. The van der Waals surface area contributed by atoms with Crippen LogP contribution in [0.25, 0.3) is 0 Å². The van der Waals surface area contributed by atoms with Crippen LogP contribution in [-0.4, -0.2) is 36.6 Å². The number of carbonyl (C=O) groups excluding carboxylic acids is 1. The van der Waals surface area contributed by atoms with Crippen LogP contribution in [0.3, 0.4) is 0 Å². The highest BCUT2D eigenvalue weighted by Crippen LogP contribution is 2.22. The van der Waals surface area contributed by atoms with E-state index in [1.807, 2.05) is 32.9 Å². The van der Waals surface area contributed by atoms with Gasteiger partial charge < -0.3 is 20.7 Å². The predicted octanol–water partition coefficient (Wildman–Crippen LogP) is 3.38. The van der Waals surface area contributed by atoms with E-state index in [0.717, 1.165) is 11.3 Å². The second-order valence-electron chi connectivity index (χ2n) is 6.57. The maximum Gasteiger partial charge on any atom is 0.387 e. The average molecular weight is 419 g/mol. The Labute approximate surface area is 175 Å². The normalized spacial score (nSPS) is 11.3. The average Bonchev–Trinajstić information content (AvgIpc) is 2.67. The summed E-state index contributed by atoms with van der Waals surface area (Å²) in [6.07, 6.45) is 0.213. The Morgan fingerprint density at radius 3 is 2.70 bits per heavy atom. The molecule has 1 amide bonds. The van der Waals surface area contributed by atoms with Crippen molar-refractivity contribution in [2.75, 3.05) is 18.4 Å². The highest BCUT2D eigenvalue weighted by Gasteiger charge is 2.10. The number of aliphatic imine (C=N–C) groups is 1. The molecule has 9 heteroatoms. The fraction of sp³-hybridized carbons (Fsp3) is 0.381. The number of amides is 1. The first-order chi connectivity index (χ1) is 14.4.